The first-order valence-electron chi connectivity index (χ1n) is 16.5. The molecule has 236 valence electrons. The number of methoxy groups -OCH3 is 1. The van der Waals surface area contributed by atoms with Gasteiger partial charge in [0.1, 0.15) is 23.7 Å². The number of carbonyl (C=O) groups excluding carboxylic acids is 1. The van der Waals surface area contributed by atoms with Gasteiger partial charge < -0.3 is 24.8 Å². The average molecular weight is 600 g/mol. The molecule has 1 heterocycles. The van der Waals surface area contributed by atoms with Crippen LogP contribution in [0.15, 0.2) is 42.5 Å². The highest BCUT2D eigenvalue weighted by Gasteiger charge is 2.64. The molecule has 3 saturated carbocycles. The van der Waals surface area contributed by atoms with Gasteiger partial charge in [-0.05, 0) is 99.6 Å². The molecule has 1 spiro atoms. The maximum Gasteiger partial charge on any atom is 0.251 e. The zero-order valence-electron chi connectivity index (χ0n) is 27.1. The van der Waals surface area contributed by atoms with Gasteiger partial charge in [0.15, 0.2) is 0 Å². The summed E-state index contributed by atoms with van der Waals surface area (Å²) >= 11 is 0. The second kappa shape index (κ2) is 11.6. The number of benzene rings is 2. The molecule has 2 aromatic rings. The van der Waals surface area contributed by atoms with Crippen molar-refractivity contribution in [3.05, 3.63) is 53.6 Å². The molecule has 4 fully saturated rings. The molecule has 44 heavy (non-hydrogen) atoms. The number of hydrogen-bond donors (Lipinski definition) is 2. The van der Waals surface area contributed by atoms with Crippen molar-refractivity contribution < 1.29 is 19.4 Å². The lowest BCUT2D eigenvalue weighted by atomic mass is 9.49. The predicted molar refractivity (Wildman–Crippen MR) is 172 cm³/mol. The van der Waals surface area contributed by atoms with Gasteiger partial charge in [-0.3, -0.25) is 4.79 Å². The van der Waals surface area contributed by atoms with Crippen molar-refractivity contribution in [3.63, 3.8) is 0 Å². The molecule has 6 rings (SSSR count). The van der Waals surface area contributed by atoms with Crippen LogP contribution in [0.25, 0.3) is 0 Å². The normalized spacial score (nSPS) is 28.7. The molecule has 4 aliphatic rings. The second-order valence-corrected chi connectivity index (χ2v) is 15.3. The summed E-state index contributed by atoms with van der Waals surface area (Å²) in [5.74, 6) is 2.76. The molecule has 1 aliphatic heterocycles. The molecule has 1 amide bonds. The maximum absolute atomic E-state index is 13.4. The van der Waals surface area contributed by atoms with Crippen LogP contribution in [0.4, 0.5) is 5.69 Å². The Morgan fingerprint density at radius 2 is 1.55 bits per heavy atom. The summed E-state index contributed by atoms with van der Waals surface area (Å²) in [5, 5.41) is 22.5. The number of nitrogens with one attached hydrogen (secondary N) is 1. The monoisotopic (exact) mass is 599 g/mol. The first kappa shape index (κ1) is 30.8. The fourth-order valence-corrected chi connectivity index (χ4v) is 9.37. The third-order valence-electron chi connectivity index (χ3n) is 11.7. The largest absolute Gasteiger partial charge is 0.495 e. The molecule has 2 N–H and O–H groups in total. The summed E-state index contributed by atoms with van der Waals surface area (Å²) < 4.78 is 11.8. The van der Waals surface area contributed by atoms with Crippen molar-refractivity contribution >= 4 is 11.6 Å². The fourth-order valence-electron chi connectivity index (χ4n) is 9.37. The van der Waals surface area contributed by atoms with Crippen molar-refractivity contribution in [1.82, 2.24) is 5.32 Å². The minimum Gasteiger partial charge on any atom is -0.495 e. The van der Waals surface area contributed by atoms with Gasteiger partial charge in [0, 0.05) is 52.7 Å². The number of aliphatic hydroxyl groups excluding tert-OH is 1. The van der Waals surface area contributed by atoms with E-state index in [0.717, 1.165) is 37.8 Å². The average Bonchev–Trinajstić information content (AvgIpc) is 3.01. The SMILES string of the molecule is COc1cc(OC2C(C)(C)C(NC(=O)c3ccc(N4CC5(CCC(C6CCC(O)CC6)CC5)C4)cc3)C2(C)C)ccc1C#N. The van der Waals surface area contributed by atoms with Crippen molar-refractivity contribution in [2.75, 3.05) is 25.1 Å². The van der Waals surface area contributed by atoms with Gasteiger partial charge in [-0.2, -0.15) is 5.26 Å². The Morgan fingerprint density at radius 3 is 2.14 bits per heavy atom. The highest BCUT2D eigenvalue weighted by Crippen LogP contribution is 2.56. The van der Waals surface area contributed by atoms with Crippen LogP contribution in [0.1, 0.15) is 95.0 Å². The topological polar surface area (TPSA) is 94.8 Å². The predicted octanol–water partition coefficient (Wildman–Crippen LogP) is 6.73. The van der Waals surface area contributed by atoms with Crippen LogP contribution in [0, 0.1) is 39.4 Å². The zero-order valence-corrected chi connectivity index (χ0v) is 27.1. The molecular weight excluding hydrogens is 550 g/mol. The Labute approximate surface area is 262 Å². The number of rotatable bonds is 7. The Kier molecular flexibility index (Phi) is 8.11. The van der Waals surface area contributed by atoms with E-state index in [4.69, 9.17) is 9.47 Å². The van der Waals surface area contributed by atoms with Gasteiger partial charge in [-0.15, -0.1) is 0 Å². The van der Waals surface area contributed by atoms with E-state index in [9.17, 15) is 15.2 Å². The number of anilines is 1. The number of nitriles is 1. The van der Waals surface area contributed by atoms with Crippen LogP contribution in [0.2, 0.25) is 0 Å². The lowest BCUT2D eigenvalue weighted by Crippen LogP contribution is -2.74. The highest BCUT2D eigenvalue weighted by atomic mass is 16.5. The Hall–Kier alpha value is -3.24. The standard InChI is InChI=1S/C37H49N3O4/c1-35(2)33(36(3,4)34(35)44-30-15-10-27(21-38)31(20-30)43-5)39-32(42)26-6-11-28(12-7-26)40-22-37(23-40)18-16-25(17-19-37)24-8-13-29(41)14-9-24/h6-7,10-12,15,20,24-25,29,33-34,41H,8-9,13-14,16-19,22-23H2,1-5H3,(H,39,42). The number of aliphatic hydroxyl groups is 1. The molecule has 1 saturated heterocycles. The van der Waals surface area contributed by atoms with Crippen LogP contribution >= 0.6 is 0 Å². The van der Waals surface area contributed by atoms with E-state index in [1.54, 1.807) is 25.3 Å². The number of nitrogens with zero attached hydrogens (tertiary/aromatic N) is 2. The van der Waals surface area contributed by atoms with Gasteiger partial charge in [-0.25, -0.2) is 0 Å². The molecule has 3 aliphatic carbocycles. The van der Waals surface area contributed by atoms with Crippen LogP contribution < -0.4 is 19.7 Å². The fraction of sp³-hybridized carbons (Fsp3) is 0.622. The third kappa shape index (κ3) is 5.55. The highest BCUT2D eigenvalue weighted by molar-refractivity contribution is 5.95. The van der Waals surface area contributed by atoms with Crippen molar-refractivity contribution in [3.8, 4) is 17.6 Å². The van der Waals surface area contributed by atoms with Gasteiger partial charge in [0.2, 0.25) is 0 Å². The summed E-state index contributed by atoms with van der Waals surface area (Å²) in [7, 11) is 1.55. The summed E-state index contributed by atoms with van der Waals surface area (Å²) in [6.45, 7) is 10.8. The zero-order chi connectivity index (χ0) is 31.3. The van der Waals surface area contributed by atoms with E-state index >= 15 is 0 Å². The van der Waals surface area contributed by atoms with E-state index in [0.29, 0.717) is 28.0 Å². The lowest BCUT2D eigenvalue weighted by Gasteiger charge is -2.63. The lowest BCUT2D eigenvalue weighted by molar-refractivity contribution is -0.164. The molecule has 0 radical (unpaired) electrons. The van der Waals surface area contributed by atoms with E-state index in [-0.39, 0.29) is 35.0 Å². The maximum atomic E-state index is 13.4. The van der Waals surface area contributed by atoms with Crippen LogP contribution in [-0.4, -0.2) is 49.5 Å². The number of carbonyl (C=O) groups is 1. The van der Waals surface area contributed by atoms with E-state index in [1.165, 1.54) is 44.2 Å². The van der Waals surface area contributed by atoms with Crippen molar-refractivity contribution in [2.24, 2.45) is 28.1 Å². The molecule has 0 unspecified atom stereocenters. The quantitative estimate of drug-likeness (QED) is 0.367. The second-order valence-electron chi connectivity index (χ2n) is 15.3. The summed E-state index contributed by atoms with van der Waals surface area (Å²) in [4.78, 5) is 15.9. The molecule has 7 heteroatoms. The number of amides is 1. The first-order chi connectivity index (χ1) is 21.0. The van der Waals surface area contributed by atoms with E-state index < -0.39 is 0 Å². The Morgan fingerprint density at radius 1 is 0.932 bits per heavy atom. The number of hydrogen-bond acceptors (Lipinski definition) is 6. The van der Waals surface area contributed by atoms with Crippen LogP contribution in [-0.2, 0) is 0 Å². The van der Waals surface area contributed by atoms with Gasteiger partial charge in [0.25, 0.3) is 5.91 Å². The molecule has 0 bridgehead atoms. The molecule has 0 atom stereocenters. The minimum atomic E-state index is -0.302. The van der Waals surface area contributed by atoms with Gasteiger partial charge >= 0.3 is 0 Å². The smallest absolute Gasteiger partial charge is 0.251 e. The van der Waals surface area contributed by atoms with E-state index in [1.807, 2.05) is 12.1 Å². The molecule has 2 aromatic carbocycles. The Bertz CT molecular complexity index is 1370. The third-order valence-corrected chi connectivity index (χ3v) is 11.7. The van der Waals surface area contributed by atoms with Crippen LogP contribution in [0.5, 0.6) is 11.5 Å². The Balaban J connectivity index is 1.01. The minimum absolute atomic E-state index is 0.0603. The van der Waals surface area contributed by atoms with Gasteiger partial charge in [-0.1, -0.05) is 27.7 Å². The van der Waals surface area contributed by atoms with E-state index in [2.05, 4.69) is 56.1 Å². The summed E-state index contributed by atoms with van der Waals surface area (Å²) in [5.41, 5.74) is 2.20. The molecular formula is C37H49N3O4. The van der Waals surface area contributed by atoms with Gasteiger partial charge in [0.05, 0.1) is 18.8 Å². The van der Waals surface area contributed by atoms with Crippen LogP contribution in [0.3, 0.4) is 0 Å². The molecule has 7 nitrogen and oxygen atoms in total. The summed E-state index contributed by atoms with van der Waals surface area (Å²) in [6, 6.07) is 15.5. The first-order valence-corrected chi connectivity index (χ1v) is 16.5. The van der Waals surface area contributed by atoms with Crippen molar-refractivity contribution in [2.45, 2.75) is 97.3 Å². The summed E-state index contributed by atoms with van der Waals surface area (Å²) in [6.07, 6.45) is 9.55. The molecule has 0 aromatic heterocycles. The number of ether oxygens (including phenoxy) is 2. The van der Waals surface area contributed by atoms with Crippen molar-refractivity contribution in [1.29, 1.82) is 5.26 Å².